The molecular weight excluding hydrogens is 479 g/mol. The molecule has 3 fully saturated rings. The molecule has 1 aromatic carbocycles. The molecule has 9 nitrogen and oxygen atoms in total. The number of allylic oxidation sites excluding steroid dienone is 3. The van der Waals surface area contributed by atoms with E-state index >= 15 is 0 Å². The molecule has 1 spiro atoms. The molecule has 4 amide bonds. The number of nitrogens with zero attached hydrogens (tertiary/aromatic N) is 2. The molecule has 1 saturated carbocycles. The van der Waals surface area contributed by atoms with Crippen LogP contribution in [0.15, 0.2) is 47.7 Å². The molecule has 0 radical (unpaired) electrons. The van der Waals surface area contributed by atoms with E-state index in [9.17, 15) is 23.6 Å². The summed E-state index contributed by atoms with van der Waals surface area (Å²) in [5.41, 5.74) is 0.369. The fraction of sp³-hybridized carbons (Fsp3) is 0.481. The van der Waals surface area contributed by atoms with Crippen LogP contribution in [-0.4, -0.2) is 64.9 Å². The Bertz CT molecular complexity index is 1220. The molecule has 2 N–H and O–H groups in total. The molecule has 37 heavy (non-hydrogen) atoms. The zero-order chi connectivity index (χ0) is 26.5. The van der Waals surface area contributed by atoms with E-state index in [1.165, 1.54) is 30.2 Å². The Labute approximate surface area is 214 Å². The molecule has 2 aliphatic heterocycles. The summed E-state index contributed by atoms with van der Waals surface area (Å²) in [6.07, 6.45) is 5.17. The van der Waals surface area contributed by atoms with Gasteiger partial charge in [0.05, 0.1) is 18.3 Å². The van der Waals surface area contributed by atoms with E-state index in [2.05, 4.69) is 10.6 Å². The molecule has 2 unspecified atom stereocenters. The van der Waals surface area contributed by atoms with Crippen LogP contribution in [0.4, 0.5) is 14.0 Å². The van der Waals surface area contributed by atoms with E-state index in [1.54, 1.807) is 23.1 Å². The quantitative estimate of drug-likeness (QED) is 0.647. The van der Waals surface area contributed by atoms with Gasteiger partial charge >= 0.3 is 12.1 Å². The maximum atomic E-state index is 13.6. The van der Waals surface area contributed by atoms with Crippen molar-refractivity contribution in [3.63, 3.8) is 0 Å². The Hall–Kier alpha value is -3.69. The molecule has 2 heterocycles. The molecule has 0 aromatic heterocycles. The van der Waals surface area contributed by atoms with E-state index in [4.69, 9.17) is 4.74 Å². The molecule has 196 valence electrons. The van der Waals surface area contributed by atoms with Gasteiger partial charge in [0, 0.05) is 18.5 Å². The first kappa shape index (κ1) is 25.0. The number of ether oxygens (including phenoxy) is 1. The predicted octanol–water partition coefficient (Wildman–Crippen LogP) is 3.19. The molecule has 3 atom stereocenters. The van der Waals surface area contributed by atoms with Crippen molar-refractivity contribution in [2.75, 3.05) is 20.1 Å². The lowest BCUT2D eigenvalue weighted by atomic mass is 9.85. The predicted molar refractivity (Wildman–Crippen MR) is 132 cm³/mol. The zero-order valence-corrected chi connectivity index (χ0v) is 21.2. The largest absolute Gasteiger partial charge is 0.436 e. The Kier molecular flexibility index (Phi) is 6.08. The normalized spacial score (nSPS) is 28.1. The van der Waals surface area contributed by atoms with Crippen LogP contribution in [0.25, 0.3) is 0 Å². The summed E-state index contributed by atoms with van der Waals surface area (Å²) in [5.74, 6) is -1.24. The van der Waals surface area contributed by atoms with Crippen LogP contribution in [0, 0.1) is 11.7 Å². The van der Waals surface area contributed by atoms with E-state index < -0.39 is 29.2 Å². The molecule has 2 aliphatic carbocycles. The average Bonchev–Trinajstić information content (AvgIpc) is 3.48. The Morgan fingerprint density at radius 1 is 1.11 bits per heavy atom. The summed E-state index contributed by atoms with van der Waals surface area (Å²) in [6.45, 7) is 4.02. The number of likely N-dealkylation sites (tertiary alicyclic amines) is 1. The molecule has 5 rings (SSSR count). The number of halogens is 1. The Balaban J connectivity index is 1.34. The number of nitrogens with one attached hydrogen (secondary N) is 2. The van der Waals surface area contributed by atoms with Gasteiger partial charge < -0.3 is 20.3 Å². The van der Waals surface area contributed by atoms with Crippen molar-refractivity contribution in [2.24, 2.45) is 5.92 Å². The molecule has 1 aromatic rings. The van der Waals surface area contributed by atoms with E-state index in [0.29, 0.717) is 18.4 Å². The monoisotopic (exact) mass is 510 g/mol. The van der Waals surface area contributed by atoms with Crippen LogP contribution in [0.1, 0.15) is 51.1 Å². The number of hydrogen-bond donors (Lipinski definition) is 2. The second kappa shape index (κ2) is 9.00. The maximum Gasteiger partial charge on any atom is 0.411 e. The van der Waals surface area contributed by atoms with Crippen LogP contribution >= 0.6 is 0 Å². The van der Waals surface area contributed by atoms with Crippen molar-refractivity contribution in [3.8, 4) is 0 Å². The third kappa shape index (κ3) is 4.28. The summed E-state index contributed by atoms with van der Waals surface area (Å²) in [4.78, 5) is 54.4. The van der Waals surface area contributed by atoms with Crippen molar-refractivity contribution in [1.29, 1.82) is 0 Å². The first-order chi connectivity index (χ1) is 17.5. The van der Waals surface area contributed by atoms with Crippen LogP contribution in [0.2, 0.25) is 0 Å². The zero-order valence-electron chi connectivity index (χ0n) is 21.2. The molecule has 4 aliphatic rings. The van der Waals surface area contributed by atoms with Gasteiger partial charge in [0.25, 0.3) is 0 Å². The number of urea groups is 1. The van der Waals surface area contributed by atoms with Crippen molar-refractivity contribution in [2.45, 2.75) is 56.7 Å². The summed E-state index contributed by atoms with van der Waals surface area (Å²) in [7, 11) is 1.47. The first-order valence-electron chi connectivity index (χ1n) is 12.6. The van der Waals surface area contributed by atoms with Gasteiger partial charge in [-0.25, -0.2) is 14.0 Å². The lowest BCUT2D eigenvalue weighted by molar-refractivity contribution is -0.137. The number of carbonyl (C=O) groups excluding carboxylic acids is 4. The number of amides is 4. The highest BCUT2D eigenvalue weighted by atomic mass is 19.1. The number of ketones is 1. The number of fused-ring (bicyclic) bond motifs is 2. The lowest BCUT2D eigenvalue weighted by Crippen LogP contribution is -2.49. The van der Waals surface area contributed by atoms with Crippen molar-refractivity contribution < 1.29 is 28.3 Å². The van der Waals surface area contributed by atoms with Gasteiger partial charge in [-0.3, -0.25) is 14.5 Å². The van der Waals surface area contributed by atoms with Gasteiger partial charge in [-0.2, -0.15) is 0 Å². The molecule has 10 heteroatoms. The smallest absolute Gasteiger partial charge is 0.411 e. The van der Waals surface area contributed by atoms with E-state index in [1.807, 2.05) is 13.8 Å². The van der Waals surface area contributed by atoms with Gasteiger partial charge in [-0.1, -0.05) is 18.2 Å². The SMILES string of the molecule is CNC(=O)NC1=CC=C2C(CC[C@]23CN(CC(=O)N2C(c4ccc(F)cc4)CCC2(C)C)C(=O)O3)C1=O. The maximum absolute atomic E-state index is 13.6. The number of hydrogen-bond acceptors (Lipinski definition) is 5. The topological polar surface area (TPSA) is 108 Å². The Morgan fingerprint density at radius 3 is 2.54 bits per heavy atom. The number of benzene rings is 1. The summed E-state index contributed by atoms with van der Waals surface area (Å²) < 4.78 is 19.3. The molecular formula is C27H31FN4O5. The highest BCUT2D eigenvalue weighted by Gasteiger charge is 2.56. The van der Waals surface area contributed by atoms with Crippen LogP contribution in [0.3, 0.4) is 0 Å². The highest BCUT2D eigenvalue weighted by molar-refractivity contribution is 6.03. The Morgan fingerprint density at radius 2 is 1.84 bits per heavy atom. The van der Waals surface area contributed by atoms with Gasteiger partial charge in [-0.15, -0.1) is 0 Å². The van der Waals surface area contributed by atoms with Crippen molar-refractivity contribution in [1.82, 2.24) is 20.4 Å². The summed E-state index contributed by atoms with van der Waals surface area (Å²) in [6, 6.07) is 5.50. The third-order valence-electron chi connectivity index (χ3n) is 8.06. The minimum absolute atomic E-state index is 0.146. The molecule has 2 saturated heterocycles. The minimum atomic E-state index is -0.969. The summed E-state index contributed by atoms with van der Waals surface area (Å²) >= 11 is 0. The van der Waals surface area contributed by atoms with Crippen molar-refractivity contribution >= 4 is 23.8 Å². The average molecular weight is 511 g/mol. The second-order valence-electron chi connectivity index (χ2n) is 10.8. The van der Waals surface area contributed by atoms with E-state index in [0.717, 1.165) is 18.4 Å². The van der Waals surface area contributed by atoms with Gasteiger partial charge in [0.2, 0.25) is 5.91 Å². The van der Waals surface area contributed by atoms with Crippen LogP contribution < -0.4 is 10.6 Å². The standard InChI is InChI=1S/C27H31FN4O5/c1-26(2)12-11-21(16-4-6-17(28)7-5-16)32(26)22(33)14-31-15-27(37-25(31)36)13-10-18-19(27)8-9-20(23(18)34)30-24(35)29-3/h4-9,18,21H,10-15H2,1-3H3,(H2,29,30,35)/t18?,21?,27-/m0/s1. The fourth-order valence-electron chi connectivity index (χ4n) is 6.22. The van der Waals surface area contributed by atoms with Crippen LogP contribution in [-0.2, 0) is 14.3 Å². The molecule has 0 bridgehead atoms. The number of carbonyl (C=O) groups is 4. The van der Waals surface area contributed by atoms with Crippen molar-refractivity contribution in [3.05, 3.63) is 59.1 Å². The first-order valence-corrected chi connectivity index (χ1v) is 12.6. The van der Waals surface area contributed by atoms with Gasteiger partial charge in [0.1, 0.15) is 12.4 Å². The fourth-order valence-corrected chi connectivity index (χ4v) is 6.22. The summed E-state index contributed by atoms with van der Waals surface area (Å²) in [5, 5.41) is 4.96. The number of rotatable bonds is 4. The van der Waals surface area contributed by atoms with Gasteiger partial charge in [0.15, 0.2) is 11.4 Å². The van der Waals surface area contributed by atoms with Gasteiger partial charge in [-0.05, 0) is 68.9 Å². The lowest BCUT2D eigenvalue weighted by Gasteiger charge is -2.37. The second-order valence-corrected chi connectivity index (χ2v) is 10.8. The number of Topliss-reactive ketones (excluding diaryl/α,β-unsaturated/α-hetero) is 1. The minimum Gasteiger partial charge on any atom is -0.436 e. The van der Waals surface area contributed by atoms with Crippen LogP contribution in [0.5, 0.6) is 0 Å². The highest BCUT2D eigenvalue weighted by Crippen LogP contribution is 2.49. The third-order valence-corrected chi connectivity index (χ3v) is 8.06. The van der Waals surface area contributed by atoms with E-state index in [-0.39, 0.29) is 42.3 Å².